The van der Waals surface area contributed by atoms with Gasteiger partial charge < -0.3 is 23.8 Å². The van der Waals surface area contributed by atoms with Gasteiger partial charge in [0.25, 0.3) is 0 Å². The average molecular weight is 819 g/mol. The number of likely N-dealkylation sites (N-methyl/N-ethyl adjacent to an activating group) is 1. The Balaban J connectivity index is 4.15. The molecule has 0 aliphatic heterocycles. The summed E-state index contributed by atoms with van der Waals surface area (Å²) < 4.78 is 17.3. The van der Waals surface area contributed by atoms with Gasteiger partial charge in [-0.2, -0.15) is 0 Å². The van der Waals surface area contributed by atoms with Crippen LogP contribution in [0.25, 0.3) is 0 Å². The number of carbonyl (C=O) groups is 3. The molecule has 58 heavy (non-hydrogen) atoms. The monoisotopic (exact) mass is 819 g/mol. The Morgan fingerprint density at radius 3 is 1.43 bits per heavy atom. The molecule has 0 aromatic carbocycles. The van der Waals surface area contributed by atoms with E-state index in [4.69, 9.17) is 14.2 Å². The van der Waals surface area contributed by atoms with Crippen molar-refractivity contribution in [3.63, 3.8) is 0 Å². The van der Waals surface area contributed by atoms with E-state index in [1.54, 1.807) is 0 Å². The lowest BCUT2D eigenvalue weighted by atomic mass is 10.0. The number of carboxylic acid groups (broad SMARTS) is 1. The Morgan fingerprint density at radius 2 is 0.966 bits per heavy atom. The Bertz CT molecular complexity index is 1050. The summed E-state index contributed by atoms with van der Waals surface area (Å²) in [6, 6.07) is -0.612. The molecule has 0 spiro atoms. The van der Waals surface area contributed by atoms with Crippen LogP contribution in [-0.2, 0) is 28.6 Å². The molecule has 8 nitrogen and oxygen atoms in total. The van der Waals surface area contributed by atoms with Crippen LogP contribution in [0.4, 0.5) is 0 Å². The van der Waals surface area contributed by atoms with Gasteiger partial charge >= 0.3 is 17.9 Å². The fourth-order valence-corrected chi connectivity index (χ4v) is 7.11. The minimum Gasteiger partial charge on any atom is -0.477 e. The van der Waals surface area contributed by atoms with Crippen molar-refractivity contribution in [2.45, 2.75) is 225 Å². The lowest BCUT2D eigenvalue weighted by molar-refractivity contribution is -0.887. The SMILES string of the molecule is CC/C=C/C/C=C/C/C=C/CCCCCCCCCCCCCCCC(=O)OCC(COCCC(C(=O)O)[N+](C)(C)C)OC(=O)CCCCCCCCCCCCC. The normalized spacial score (nSPS) is 13.2. The van der Waals surface area contributed by atoms with Gasteiger partial charge in [-0.15, -0.1) is 0 Å². The van der Waals surface area contributed by atoms with Crippen LogP contribution >= 0.6 is 0 Å². The number of ether oxygens (including phenoxy) is 3. The van der Waals surface area contributed by atoms with Crippen molar-refractivity contribution in [1.82, 2.24) is 0 Å². The molecule has 0 amide bonds. The van der Waals surface area contributed by atoms with Gasteiger partial charge in [-0.3, -0.25) is 9.59 Å². The summed E-state index contributed by atoms with van der Waals surface area (Å²) >= 11 is 0. The number of nitrogens with zero attached hydrogens (tertiary/aromatic N) is 1. The maximum absolute atomic E-state index is 12.7. The van der Waals surface area contributed by atoms with Gasteiger partial charge in [0, 0.05) is 19.3 Å². The van der Waals surface area contributed by atoms with Crippen LogP contribution in [0, 0.1) is 0 Å². The molecule has 0 aromatic heterocycles. The smallest absolute Gasteiger partial charge is 0.362 e. The largest absolute Gasteiger partial charge is 0.477 e. The van der Waals surface area contributed by atoms with Gasteiger partial charge in [0.15, 0.2) is 12.1 Å². The highest BCUT2D eigenvalue weighted by molar-refractivity contribution is 5.72. The summed E-state index contributed by atoms with van der Waals surface area (Å²) in [4.78, 5) is 37.0. The maximum Gasteiger partial charge on any atom is 0.362 e. The van der Waals surface area contributed by atoms with Crippen LogP contribution in [0.1, 0.15) is 213 Å². The lowest BCUT2D eigenvalue weighted by Gasteiger charge is -2.31. The summed E-state index contributed by atoms with van der Waals surface area (Å²) in [6.07, 6.45) is 47.6. The topological polar surface area (TPSA) is 99.1 Å². The van der Waals surface area contributed by atoms with Crippen LogP contribution in [0.3, 0.4) is 0 Å². The number of hydrogen-bond acceptors (Lipinski definition) is 6. The van der Waals surface area contributed by atoms with Crippen LogP contribution in [-0.4, -0.2) is 80.6 Å². The zero-order valence-electron chi connectivity index (χ0n) is 38.5. The summed E-state index contributed by atoms with van der Waals surface area (Å²) in [6.45, 7) is 4.64. The van der Waals surface area contributed by atoms with E-state index in [0.717, 1.165) is 57.8 Å². The second-order valence-corrected chi connectivity index (χ2v) is 17.3. The number of carboxylic acids is 1. The molecule has 0 bridgehead atoms. The Morgan fingerprint density at radius 1 is 0.534 bits per heavy atom. The van der Waals surface area contributed by atoms with Crippen LogP contribution in [0.2, 0.25) is 0 Å². The van der Waals surface area contributed by atoms with Crippen molar-refractivity contribution in [2.75, 3.05) is 41.0 Å². The highest BCUT2D eigenvalue weighted by Crippen LogP contribution is 2.16. The molecule has 0 aromatic rings. The quantitative estimate of drug-likeness (QED) is 0.0283. The second kappa shape index (κ2) is 41.3. The van der Waals surface area contributed by atoms with E-state index in [1.165, 1.54) is 122 Å². The van der Waals surface area contributed by atoms with Crippen molar-refractivity contribution < 1.29 is 38.2 Å². The van der Waals surface area contributed by atoms with Gasteiger partial charge in [0.1, 0.15) is 6.61 Å². The minimum atomic E-state index is -0.873. The molecule has 0 aliphatic carbocycles. The Hall–Kier alpha value is -2.45. The number of esters is 2. The number of unbranched alkanes of at least 4 members (excludes halogenated alkanes) is 23. The molecule has 0 saturated heterocycles. The fraction of sp³-hybridized carbons (Fsp3) is 0.820. The van der Waals surface area contributed by atoms with Gasteiger partial charge in [-0.1, -0.05) is 185 Å². The highest BCUT2D eigenvalue weighted by Gasteiger charge is 2.31. The molecule has 1 N–H and O–H groups in total. The Kier molecular flexibility index (Phi) is 39.5. The molecule has 2 atom stereocenters. The molecule has 0 fully saturated rings. The van der Waals surface area contributed by atoms with Crippen molar-refractivity contribution in [3.8, 4) is 0 Å². The summed E-state index contributed by atoms with van der Waals surface area (Å²) in [5.74, 6) is -1.46. The third-order valence-electron chi connectivity index (χ3n) is 10.8. The molecular formula is C50H92NO7+. The first-order valence-corrected chi connectivity index (χ1v) is 24.0. The maximum atomic E-state index is 12.7. The summed E-state index contributed by atoms with van der Waals surface area (Å²) in [5.41, 5.74) is 0. The van der Waals surface area contributed by atoms with Crippen molar-refractivity contribution >= 4 is 17.9 Å². The van der Waals surface area contributed by atoms with Gasteiger partial charge in [0.2, 0.25) is 0 Å². The predicted molar refractivity (Wildman–Crippen MR) is 243 cm³/mol. The molecular weight excluding hydrogens is 727 g/mol. The van der Waals surface area contributed by atoms with E-state index in [0.29, 0.717) is 19.3 Å². The number of quaternary nitrogens is 1. The number of carbonyl (C=O) groups excluding carboxylic acids is 2. The van der Waals surface area contributed by atoms with E-state index < -0.39 is 18.1 Å². The number of rotatable bonds is 43. The Labute approximate surface area is 357 Å². The standard InChI is InChI=1S/C50H91NO7/c1-6-8-10-12-14-16-18-19-20-21-22-23-24-25-26-27-28-29-31-32-34-36-38-40-48(52)57-45-46(44-56-43-42-47(50(54)55)51(3,4)5)58-49(53)41-39-37-35-33-30-17-15-13-11-9-7-2/h8,10,14,16,19-20,46-47H,6-7,9,11-13,15,17-18,21-45H2,1-5H3/p+1/b10-8+,16-14+,20-19+. The average Bonchev–Trinajstić information content (AvgIpc) is 3.18. The van der Waals surface area contributed by atoms with Crippen molar-refractivity contribution in [2.24, 2.45) is 0 Å². The summed E-state index contributed by atoms with van der Waals surface area (Å²) in [7, 11) is 5.53. The van der Waals surface area contributed by atoms with Crippen LogP contribution in [0.5, 0.6) is 0 Å². The number of hydrogen-bond donors (Lipinski definition) is 1. The second-order valence-electron chi connectivity index (χ2n) is 17.3. The molecule has 0 aliphatic rings. The third kappa shape index (κ3) is 39.0. The first kappa shape index (κ1) is 55.5. The van der Waals surface area contributed by atoms with Crippen LogP contribution < -0.4 is 0 Å². The zero-order chi connectivity index (χ0) is 42.8. The van der Waals surface area contributed by atoms with E-state index in [2.05, 4.69) is 50.3 Å². The third-order valence-corrected chi connectivity index (χ3v) is 10.8. The molecule has 338 valence electrons. The summed E-state index contributed by atoms with van der Waals surface area (Å²) in [5, 5.41) is 9.62. The highest BCUT2D eigenvalue weighted by atomic mass is 16.6. The molecule has 0 heterocycles. The molecule has 2 unspecified atom stereocenters. The predicted octanol–water partition coefficient (Wildman–Crippen LogP) is 13.4. The van der Waals surface area contributed by atoms with Gasteiger partial charge in [0.05, 0.1) is 34.4 Å². The first-order valence-electron chi connectivity index (χ1n) is 24.0. The van der Waals surface area contributed by atoms with Gasteiger partial charge in [-0.05, 0) is 44.9 Å². The van der Waals surface area contributed by atoms with E-state index in [1.807, 2.05) is 21.1 Å². The number of allylic oxidation sites excluding steroid dienone is 6. The minimum absolute atomic E-state index is 0.0479. The van der Waals surface area contributed by atoms with Gasteiger partial charge in [-0.25, -0.2) is 4.79 Å². The van der Waals surface area contributed by atoms with E-state index >= 15 is 0 Å². The fourth-order valence-electron chi connectivity index (χ4n) is 7.11. The lowest BCUT2D eigenvalue weighted by Crippen LogP contribution is -2.50. The molecule has 0 saturated carbocycles. The number of aliphatic carboxylic acids is 1. The molecule has 0 rings (SSSR count). The van der Waals surface area contributed by atoms with E-state index in [-0.39, 0.29) is 36.2 Å². The first-order chi connectivity index (χ1) is 28.1. The zero-order valence-corrected chi connectivity index (χ0v) is 38.5. The molecule has 0 radical (unpaired) electrons. The van der Waals surface area contributed by atoms with Crippen molar-refractivity contribution in [3.05, 3.63) is 36.5 Å². The van der Waals surface area contributed by atoms with E-state index in [9.17, 15) is 19.5 Å². The molecule has 8 heteroatoms. The van der Waals surface area contributed by atoms with Crippen LogP contribution in [0.15, 0.2) is 36.5 Å². The van der Waals surface area contributed by atoms with Crippen molar-refractivity contribution in [1.29, 1.82) is 0 Å².